The van der Waals surface area contributed by atoms with Gasteiger partial charge in [0.15, 0.2) is 5.82 Å². The molecule has 4 N–H and O–H groups in total. The standard InChI is InChI=1S/C29H34ClF2N9O2/c1-18(4-10-43-28-21(15-37-40(28)2)27-34-7-3-25(33)39-27)38-23-12-24(30)35-14-20(23)26-22(31)11-19(13-36-26)16-41-8-5-29(32,17-42)6-9-41/h3,7,11-15,18,42H,4-6,8-10,16-17H2,1-2H3,(H,35,38)(H2,33,34,39)/t18-/m0/s1. The maximum Gasteiger partial charge on any atom is 0.222 e. The molecule has 11 nitrogen and oxygen atoms in total. The van der Waals surface area contributed by atoms with Crippen molar-refractivity contribution < 1.29 is 18.6 Å². The molecule has 14 heteroatoms. The Kier molecular flexibility index (Phi) is 9.33. The van der Waals surface area contributed by atoms with Crippen LogP contribution in [-0.2, 0) is 13.6 Å². The number of aryl methyl sites for hydroxylation is 1. The van der Waals surface area contributed by atoms with E-state index in [2.05, 4.69) is 30.4 Å². The fraction of sp³-hybridized carbons (Fsp3) is 0.414. The lowest BCUT2D eigenvalue weighted by atomic mass is 9.94. The Morgan fingerprint density at radius 2 is 1.95 bits per heavy atom. The Hall–Kier alpha value is -3.94. The van der Waals surface area contributed by atoms with E-state index in [1.54, 1.807) is 42.5 Å². The lowest BCUT2D eigenvalue weighted by molar-refractivity contribution is 0.00670. The van der Waals surface area contributed by atoms with Crippen LogP contribution >= 0.6 is 11.6 Å². The van der Waals surface area contributed by atoms with Crippen LogP contribution in [0.25, 0.3) is 22.6 Å². The van der Waals surface area contributed by atoms with E-state index in [9.17, 15) is 9.50 Å². The van der Waals surface area contributed by atoms with Crippen LogP contribution in [-0.4, -0.2) is 77.7 Å². The summed E-state index contributed by atoms with van der Waals surface area (Å²) in [6, 6.07) is 4.59. The number of piperidine rings is 1. The minimum absolute atomic E-state index is 0.0968. The van der Waals surface area contributed by atoms with Crippen LogP contribution in [0.2, 0.25) is 5.15 Å². The Labute approximate surface area is 253 Å². The highest BCUT2D eigenvalue weighted by molar-refractivity contribution is 6.29. The van der Waals surface area contributed by atoms with Gasteiger partial charge in [0, 0.05) is 69.0 Å². The molecule has 1 saturated heterocycles. The van der Waals surface area contributed by atoms with Crippen molar-refractivity contribution in [2.45, 2.75) is 44.4 Å². The number of ether oxygens (including phenoxy) is 1. The van der Waals surface area contributed by atoms with Gasteiger partial charge in [0.2, 0.25) is 5.88 Å². The van der Waals surface area contributed by atoms with E-state index in [0.717, 1.165) is 0 Å². The summed E-state index contributed by atoms with van der Waals surface area (Å²) in [5.74, 6) is 0.782. The third kappa shape index (κ3) is 7.35. The van der Waals surface area contributed by atoms with Crippen molar-refractivity contribution in [1.82, 2.24) is 34.6 Å². The number of aliphatic hydroxyl groups is 1. The van der Waals surface area contributed by atoms with Crippen LogP contribution in [0.15, 0.2) is 43.0 Å². The third-order valence-electron chi connectivity index (χ3n) is 7.46. The maximum atomic E-state index is 15.4. The molecule has 5 heterocycles. The molecule has 0 amide bonds. The molecule has 5 rings (SSSR count). The first-order valence-corrected chi connectivity index (χ1v) is 14.3. The van der Waals surface area contributed by atoms with Gasteiger partial charge in [-0.25, -0.2) is 28.4 Å². The van der Waals surface area contributed by atoms with Crippen LogP contribution in [0, 0.1) is 5.82 Å². The SMILES string of the molecule is C[C@@H](CCOc1c(-c2nccc(N)n2)cnn1C)Nc1cc(Cl)ncc1-c1ncc(CN2CCC(F)(CO)CC2)cc1F. The van der Waals surface area contributed by atoms with Gasteiger partial charge in [0.05, 0.1) is 19.4 Å². The van der Waals surface area contributed by atoms with E-state index in [4.69, 9.17) is 22.1 Å². The first-order valence-electron chi connectivity index (χ1n) is 14.0. The quantitative estimate of drug-likeness (QED) is 0.210. The Morgan fingerprint density at radius 1 is 1.16 bits per heavy atom. The van der Waals surface area contributed by atoms with Gasteiger partial charge in [0.1, 0.15) is 33.7 Å². The molecule has 0 aromatic carbocycles. The van der Waals surface area contributed by atoms with Gasteiger partial charge in [-0.3, -0.25) is 9.88 Å². The zero-order valence-electron chi connectivity index (χ0n) is 24.0. The highest BCUT2D eigenvalue weighted by Crippen LogP contribution is 2.32. The molecule has 43 heavy (non-hydrogen) atoms. The number of likely N-dealkylation sites (tertiary alicyclic amines) is 1. The monoisotopic (exact) mass is 613 g/mol. The molecule has 0 saturated carbocycles. The second-order valence-electron chi connectivity index (χ2n) is 10.8. The highest BCUT2D eigenvalue weighted by atomic mass is 35.5. The zero-order chi connectivity index (χ0) is 30.6. The van der Waals surface area contributed by atoms with Crippen molar-refractivity contribution in [2.75, 3.05) is 37.4 Å². The third-order valence-corrected chi connectivity index (χ3v) is 7.67. The first kappa shape index (κ1) is 30.5. The van der Waals surface area contributed by atoms with Crippen molar-refractivity contribution in [1.29, 1.82) is 0 Å². The minimum atomic E-state index is -1.54. The normalized spacial score (nSPS) is 15.8. The van der Waals surface area contributed by atoms with Crippen molar-refractivity contribution in [2.24, 2.45) is 7.05 Å². The van der Waals surface area contributed by atoms with Gasteiger partial charge < -0.3 is 20.9 Å². The molecule has 1 atom stereocenters. The summed E-state index contributed by atoms with van der Waals surface area (Å²) in [6.45, 7) is 3.24. The fourth-order valence-corrected chi connectivity index (χ4v) is 5.11. The molecule has 1 aliphatic rings. The number of aromatic nitrogens is 6. The lowest BCUT2D eigenvalue weighted by Crippen LogP contribution is -2.43. The number of nitrogen functional groups attached to an aromatic ring is 1. The van der Waals surface area contributed by atoms with E-state index in [1.165, 1.54) is 12.3 Å². The second-order valence-corrected chi connectivity index (χ2v) is 11.2. The molecule has 4 aromatic rings. The number of pyridine rings is 2. The van der Waals surface area contributed by atoms with E-state index in [1.807, 2.05) is 11.8 Å². The number of halogens is 3. The lowest BCUT2D eigenvalue weighted by Gasteiger charge is -2.35. The summed E-state index contributed by atoms with van der Waals surface area (Å²) >= 11 is 6.20. The van der Waals surface area contributed by atoms with Gasteiger partial charge in [0.25, 0.3) is 0 Å². The topological polar surface area (TPSA) is 140 Å². The number of aliphatic hydroxyl groups excluding tert-OH is 1. The highest BCUT2D eigenvalue weighted by Gasteiger charge is 2.33. The summed E-state index contributed by atoms with van der Waals surface area (Å²) in [5, 5.41) is 17.2. The van der Waals surface area contributed by atoms with Crippen molar-refractivity contribution in [3.8, 4) is 28.5 Å². The van der Waals surface area contributed by atoms with Crippen molar-refractivity contribution in [3.63, 3.8) is 0 Å². The van der Waals surface area contributed by atoms with Gasteiger partial charge in [-0.05, 0) is 43.5 Å². The molecule has 1 fully saturated rings. The first-order chi connectivity index (χ1) is 20.6. The van der Waals surface area contributed by atoms with E-state index in [-0.39, 0.29) is 29.7 Å². The number of alkyl halides is 1. The van der Waals surface area contributed by atoms with Crippen LogP contribution in [0.3, 0.4) is 0 Å². The Bertz CT molecular complexity index is 1560. The molecule has 0 aliphatic carbocycles. The largest absolute Gasteiger partial charge is 0.477 e. The average molecular weight is 614 g/mol. The molecule has 0 radical (unpaired) electrons. The summed E-state index contributed by atoms with van der Waals surface area (Å²) in [5.41, 5.74) is 6.77. The predicted octanol–water partition coefficient (Wildman–Crippen LogP) is 4.27. The minimum Gasteiger partial charge on any atom is -0.477 e. The number of hydrogen-bond acceptors (Lipinski definition) is 10. The molecular weight excluding hydrogens is 580 g/mol. The second kappa shape index (κ2) is 13.1. The van der Waals surface area contributed by atoms with E-state index >= 15 is 4.39 Å². The molecule has 0 spiro atoms. The van der Waals surface area contributed by atoms with Gasteiger partial charge in [-0.1, -0.05) is 11.6 Å². The van der Waals surface area contributed by atoms with E-state index < -0.39 is 18.1 Å². The van der Waals surface area contributed by atoms with Crippen LogP contribution in [0.5, 0.6) is 5.88 Å². The summed E-state index contributed by atoms with van der Waals surface area (Å²) in [6.07, 6.45) is 7.39. The smallest absolute Gasteiger partial charge is 0.222 e. The number of hydrogen-bond donors (Lipinski definition) is 3. The van der Waals surface area contributed by atoms with Gasteiger partial charge in [-0.15, -0.1) is 0 Å². The van der Waals surface area contributed by atoms with Crippen molar-refractivity contribution in [3.05, 3.63) is 59.5 Å². The molecule has 4 aromatic heterocycles. The maximum absolute atomic E-state index is 15.4. The molecule has 1 aliphatic heterocycles. The van der Waals surface area contributed by atoms with Crippen LogP contribution in [0.4, 0.5) is 20.3 Å². The zero-order valence-corrected chi connectivity index (χ0v) is 24.7. The number of nitrogens with one attached hydrogen (secondary N) is 1. The molecule has 0 bridgehead atoms. The summed E-state index contributed by atoms with van der Waals surface area (Å²) in [7, 11) is 1.77. The Morgan fingerprint density at radius 3 is 2.67 bits per heavy atom. The Balaban J connectivity index is 1.23. The van der Waals surface area contributed by atoms with Crippen LogP contribution in [0.1, 0.15) is 31.7 Å². The average Bonchev–Trinajstić information content (AvgIpc) is 3.35. The molecule has 228 valence electrons. The van der Waals surface area contributed by atoms with E-state index in [0.29, 0.717) is 72.6 Å². The van der Waals surface area contributed by atoms with Gasteiger partial charge in [-0.2, -0.15) is 5.10 Å². The number of nitrogens with two attached hydrogens (primary N) is 1. The predicted molar refractivity (Wildman–Crippen MR) is 160 cm³/mol. The van der Waals surface area contributed by atoms with Crippen molar-refractivity contribution >= 4 is 23.1 Å². The number of rotatable bonds is 11. The molecular formula is C29H34ClF2N9O2. The number of nitrogens with zero attached hydrogens (tertiary/aromatic N) is 7. The summed E-state index contributed by atoms with van der Waals surface area (Å²) in [4.78, 5) is 19.1. The number of anilines is 2. The molecule has 0 unspecified atom stereocenters. The van der Waals surface area contributed by atoms with Crippen LogP contribution < -0.4 is 15.8 Å². The summed E-state index contributed by atoms with van der Waals surface area (Å²) < 4.78 is 37.4. The fourth-order valence-electron chi connectivity index (χ4n) is 4.95. The van der Waals surface area contributed by atoms with Gasteiger partial charge >= 0.3 is 0 Å².